The number of ether oxygens (including phenoxy) is 1. The summed E-state index contributed by atoms with van der Waals surface area (Å²) in [4.78, 5) is 0. The fraction of sp³-hybridized carbons (Fsp3) is 0. The summed E-state index contributed by atoms with van der Waals surface area (Å²) < 4.78 is 8.69. The Hall–Kier alpha value is -4.82. The van der Waals surface area contributed by atoms with Crippen molar-refractivity contribution in [2.45, 2.75) is 0 Å². The maximum absolute atomic E-state index is 6.32. The van der Waals surface area contributed by atoms with Gasteiger partial charge in [0.15, 0.2) is 0 Å². The SMILES string of the molecule is c1cc(-c2ccc3c4c(cccc24)-c2ccccc2O3)cc(-n2c3ccccc3c3ccccc32)c1. The number of rotatable bonds is 2. The first kappa shape index (κ1) is 19.5. The van der Waals surface area contributed by atoms with Gasteiger partial charge < -0.3 is 9.30 Å². The Kier molecular flexibility index (Phi) is 3.97. The maximum atomic E-state index is 6.32. The topological polar surface area (TPSA) is 14.2 Å². The Morgan fingerprint density at radius 1 is 0.444 bits per heavy atom. The van der Waals surface area contributed by atoms with Gasteiger partial charge in [0.1, 0.15) is 11.5 Å². The minimum Gasteiger partial charge on any atom is -0.456 e. The summed E-state index contributed by atoms with van der Waals surface area (Å²) in [6, 6.07) is 45.3. The third-order valence-electron chi connectivity index (χ3n) is 7.39. The molecule has 0 radical (unpaired) electrons. The molecule has 2 heteroatoms. The molecule has 2 heterocycles. The zero-order valence-corrected chi connectivity index (χ0v) is 19.5. The third-order valence-corrected chi connectivity index (χ3v) is 7.39. The molecule has 168 valence electrons. The van der Waals surface area contributed by atoms with Crippen LogP contribution in [-0.2, 0) is 0 Å². The number of hydrogen-bond donors (Lipinski definition) is 0. The predicted molar refractivity (Wildman–Crippen MR) is 149 cm³/mol. The average Bonchev–Trinajstić information content (AvgIpc) is 3.28. The molecule has 36 heavy (non-hydrogen) atoms. The van der Waals surface area contributed by atoms with Crippen LogP contribution in [0.2, 0.25) is 0 Å². The van der Waals surface area contributed by atoms with Gasteiger partial charge in [-0.15, -0.1) is 0 Å². The van der Waals surface area contributed by atoms with Gasteiger partial charge in [-0.3, -0.25) is 0 Å². The Labute approximate surface area is 208 Å². The van der Waals surface area contributed by atoms with Crippen molar-refractivity contribution in [3.05, 3.63) is 127 Å². The van der Waals surface area contributed by atoms with E-state index in [4.69, 9.17) is 4.74 Å². The maximum Gasteiger partial charge on any atom is 0.135 e. The van der Waals surface area contributed by atoms with Crippen LogP contribution in [0.4, 0.5) is 0 Å². The first-order valence-electron chi connectivity index (χ1n) is 12.3. The van der Waals surface area contributed by atoms with Crippen LogP contribution >= 0.6 is 0 Å². The second-order valence-electron chi connectivity index (χ2n) is 9.36. The van der Waals surface area contributed by atoms with Gasteiger partial charge in [0, 0.05) is 27.4 Å². The van der Waals surface area contributed by atoms with Gasteiger partial charge >= 0.3 is 0 Å². The van der Waals surface area contributed by atoms with Crippen molar-refractivity contribution < 1.29 is 4.74 Å². The van der Waals surface area contributed by atoms with E-state index < -0.39 is 0 Å². The molecule has 0 unspecified atom stereocenters. The lowest BCUT2D eigenvalue weighted by molar-refractivity contribution is 0.487. The highest BCUT2D eigenvalue weighted by atomic mass is 16.5. The van der Waals surface area contributed by atoms with E-state index >= 15 is 0 Å². The Morgan fingerprint density at radius 2 is 1.11 bits per heavy atom. The lowest BCUT2D eigenvalue weighted by Gasteiger charge is -2.22. The summed E-state index contributed by atoms with van der Waals surface area (Å²) in [6.07, 6.45) is 0. The molecular formula is C34H21NO. The highest BCUT2D eigenvalue weighted by Gasteiger charge is 2.21. The summed E-state index contributed by atoms with van der Waals surface area (Å²) in [5, 5.41) is 4.93. The third kappa shape index (κ3) is 2.67. The van der Waals surface area contributed by atoms with Gasteiger partial charge in [0.25, 0.3) is 0 Å². The molecule has 2 nitrogen and oxygen atoms in total. The zero-order valence-electron chi connectivity index (χ0n) is 19.5. The molecule has 0 saturated carbocycles. The summed E-state index contributed by atoms with van der Waals surface area (Å²) in [5.74, 6) is 1.83. The fourth-order valence-electron chi connectivity index (χ4n) is 5.85. The van der Waals surface area contributed by atoms with Crippen molar-refractivity contribution in [1.82, 2.24) is 4.57 Å². The average molecular weight is 460 g/mol. The van der Waals surface area contributed by atoms with E-state index in [1.54, 1.807) is 0 Å². The first-order valence-corrected chi connectivity index (χ1v) is 12.3. The number of benzene rings is 6. The standard InChI is InChI=1S/C34H21NO/c1-4-16-30-25(11-1)26-12-2-5-17-31(26)35(30)23-10-7-9-22(21-23)24-19-20-33-34-28(24)14-8-15-29(34)27-13-3-6-18-32(27)36-33/h1-21H. The van der Waals surface area contributed by atoms with Crippen LogP contribution < -0.4 is 4.74 Å². The van der Waals surface area contributed by atoms with Gasteiger partial charge in [-0.05, 0) is 58.5 Å². The summed E-state index contributed by atoms with van der Waals surface area (Å²) in [6.45, 7) is 0. The van der Waals surface area contributed by atoms with E-state index in [2.05, 4.69) is 120 Å². The number of aromatic nitrogens is 1. The molecule has 0 saturated heterocycles. The molecule has 0 amide bonds. The molecule has 0 bridgehead atoms. The van der Waals surface area contributed by atoms with Crippen LogP contribution in [0.5, 0.6) is 11.5 Å². The second-order valence-corrected chi connectivity index (χ2v) is 9.36. The number of hydrogen-bond acceptors (Lipinski definition) is 1. The van der Waals surface area contributed by atoms with Crippen molar-refractivity contribution in [2.24, 2.45) is 0 Å². The molecule has 8 rings (SSSR count). The Morgan fingerprint density at radius 3 is 1.94 bits per heavy atom. The minimum absolute atomic E-state index is 0.915. The van der Waals surface area contributed by atoms with Crippen LogP contribution in [0, 0.1) is 0 Å². The number of para-hydroxylation sites is 3. The minimum atomic E-state index is 0.915. The normalized spacial score (nSPS) is 12.1. The van der Waals surface area contributed by atoms with E-state index in [-0.39, 0.29) is 0 Å². The lowest BCUT2D eigenvalue weighted by atomic mass is 9.90. The summed E-state index contributed by atoms with van der Waals surface area (Å²) in [7, 11) is 0. The molecule has 1 aliphatic heterocycles. The molecule has 0 fully saturated rings. The van der Waals surface area contributed by atoms with Gasteiger partial charge in [0.05, 0.1) is 11.0 Å². The van der Waals surface area contributed by atoms with Crippen molar-refractivity contribution in [2.75, 3.05) is 0 Å². The molecule has 1 aromatic heterocycles. The van der Waals surface area contributed by atoms with E-state index in [0.717, 1.165) is 22.7 Å². The molecule has 0 spiro atoms. The van der Waals surface area contributed by atoms with E-state index in [1.165, 1.54) is 49.3 Å². The van der Waals surface area contributed by atoms with Crippen molar-refractivity contribution in [3.8, 4) is 39.4 Å². The number of nitrogens with zero attached hydrogens (tertiary/aromatic N) is 1. The van der Waals surface area contributed by atoms with E-state index in [9.17, 15) is 0 Å². The molecule has 7 aromatic rings. The second kappa shape index (κ2) is 7.34. The van der Waals surface area contributed by atoms with Gasteiger partial charge in [-0.2, -0.15) is 0 Å². The molecule has 0 N–H and O–H groups in total. The van der Waals surface area contributed by atoms with Crippen LogP contribution in [0.3, 0.4) is 0 Å². The smallest absolute Gasteiger partial charge is 0.135 e. The Balaban J connectivity index is 1.37. The largest absolute Gasteiger partial charge is 0.456 e. The molecular weight excluding hydrogens is 438 g/mol. The van der Waals surface area contributed by atoms with Crippen molar-refractivity contribution >= 4 is 32.6 Å². The number of fused-ring (bicyclic) bond motifs is 5. The van der Waals surface area contributed by atoms with Crippen molar-refractivity contribution in [3.63, 3.8) is 0 Å². The predicted octanol–water partition coefficient (Wildman–Crippen LogP) is 9.38. The highest BCUT2D eigenvalue weighted by Crippen LogP contribution is 2.48. The molecule has 1 aliphatic rings. The molecule has 0 atom stereocenters. The fourth-order valence-corrected chi connectivity index (χ4v) is 5.85. The lowest BCUT2D eigenvalue weighted by Crippen LogP contribution is -1.98. The van der Waals surface area contributed by atoms with Crippen LogP contribution in [0.15, 0.2) is 127 Å². The van der Waals surface area contributed by atoms with Crippen molar-refractivity contribution in [1.29, 1.82) is 0 Å². The van der Waals surface area contributed by atoms with Gasteiger partial charge in [0.2, 0.25) is 0 Å². The first-order chi connectivity index (χ1) is 17.9. The van der Waals surface area contributed by atoms with E-state index in [1.807, 2.05) is 12.1 Å². The molecule has 6 aromatic carbocycles. The van der Waals surface area contributed by atoms with Crippen LogP contribution in [0.1, 0.15) is 0 Å². The van der Waals surface area contributed by atoms with Crippen LogP contribution in [-0.4, -0.2) is 4.57 Å². The van der Waals surface area contributed by atoms with E-state index in [0.29, 0.717) is 0 Å². The summed E-state index contributed by atoms with van der Waals surface area (Å²) in [5.41, 5.74) is 8.37. The van der Waals surface area contributed by atoms with Gasteiger partial charge in [-0.1, -0.05) is 91.0 Å². The summed E-state index contributed by atoms with van der Waals surface area (Å²) >= 11 is 0. The highest BCUT2D eigenvalue weighted by molar-refractivity contribution is 6.11. The van der Waals surface area contributed by atoms with Crippen LogP contribution in [0.25, 0.3) is 60.5 Å². The Bertz CT molecular complexity index is 1920. The molecule has 0 aliphatic carbocycles. The van der Waals surface area contributed by atoms with Gasteiger partial charge in [-0.25, -0.2) is 0 Å². The quantitative estimate of drug-likeness (QED) is 0.251. The zero-order chi connectivity index (χ0) is 23.6. The monoisotopic (exact) mass is 459 g/mol.